The molecular weight excluding hydrogens is 164 g/mol. The van der Waals surface area contributed by atoms with Gasteiger partial charge in [-0.3, -0.25) is 9.58 Å². The third kappa shape index (κ3) is 1.54. The molecule has 0 unspecified atom stereocenters. The van der Waals surface area contributed by atoms with E-state index in [9.17, 15) is 0 Å². The van der Waals surface area contributed by atoms with Crippen molar-refractivity contribution in [3.63, 3.8) is 0 Å². The number of anilines is 1. The summed E-state index contributed by atoms with van der Waals surface area (Å²) in [5, 5.41) is 4.20. The SMILES string of the molecule is CC(C)N1CC(n2cc(N)cn2)C1. The van der Waals surface area contributed by atoms with Crippen LogP contribution in [-0.4, -0.2) is 33.8 Å². The normalized spacial score (nSPS) is 19.3. The fourth-order valence-electron chi connectivity index (χ4n) is 1.63. The minimum atomic E-state index is 0.527. The molecule has 72 valence electrons. The topological polar surface area (TPSA) is 47.1 Å². The molecule has 4 nitrogen and oxygen atoms in total. The van der Waals surface area contributed by atoms with Crippen LogP contribution in [0.3, 0.4) is 0 Å². The summed E-state index contributed by atoms with van der Waals surface area (Å²) in [6.45, 7) is 6.62. The van der Waals surface area contributed by atoms with Gasteiger partial charge in [0.1, 0.15) is 0 Å². The van der Waals surface area contributed by atoms with Gasteiger partial charge in [-0.2, -0.15) is 5.10 Å². The quantitative estimate of drug-likeness (QED) is 0.730. The predicted octanol–water partition coefficient (Wildman–Crippen LogP) is 0.730. The van der Waals surface area contributed by atoms with Crippen molar-refractivity contribution in [1.82, 2.24) is 14.7 Å². The molecule has 0 radical (unpaired) electrons. The molecule has 1 saturated heterocycles. The van der Waals surface area contributed by atoms with Crippen molar-refractivity contribution in [2.24, 2.45) is 0 Å². The number of nitrogens with two attached hydrogens (primary N) is 1. The van der Waals surface area contributed by atoms with Gasteiger partial charge in [0, 0.05) is 25.3 Å². The highest BCUT2D eigenvalue weighted by atomic mass is 15.4. The molecule has 2 N–H and O–H groups in total. The Bertz CT molecular complexity index is 286. The number of nitrogen functional groups attached to an aromatic ring is 1. The lowest BCUT2D eigenvalue weighted by Gasteiger charge is -2.41. The van der Waals surface area contributed by atoms with Gasteiger partial charge >= 0.3 is 0 Å². The average molecular weight is 180 g/mol. The molecule has 1 aliphatic rings. The summed E-state index contributed by atoms with van der Waals surface area (Å²) >= 11 is 0. The lowest BCUT2D eigenvalue weighted by molar-refractivity contribution is 0.0675. The number of aromatic nitrogens is 2. The van der Waals surface area contributed by atoms with Gasteiger partial charge in [-0.05, 0) is 13.8 Å². The Balaban J connectivity index is 1.93. The van der Waals surface area contributed by atoms with E-state index in [1.165, 1.54) is 0 Å². The zero-order chi connectivity index (χ0) is 9.42. The van der Waals surface area contributed by atoms with Crippen LogP contribution in [0.15, 0.2) is 12.4 Å². The Morgan fingerprint density at radius 2 is 2.23 bits per heavy atom. The maximum absolute atomic E-state index is 5.59. The van der Waals surface area contributed by atoms with Crippen molar-refractivity contribution in [3.05, 3.63) is 12.4 Å². The van der Waals surface area contributed by atoms with Gasteiger partial charge in [0.2, 0.25) is 0 Å². The molecular formula is C9H16N4. The third-order valence-electron chi connectivity index (χ3n) is 2.62. The van der Waals surface area contributed by atoms with Gasteiger partial charge in [0.15, 0.2) is 0 Å². The molecule has 13 heavy (non-hydrogen) atoms. The van der Waals surface area contributed by atoms with E-state index < -0.39 is 0 Å². The smallest absolute Gasteiger partial charge is 0.0773 e. The summed E-state index contributed by atoms with van der Waals surface area (Å²) in [5.74, 6) is 0. The van der Waals surface area contributed by atoms with Crippen LogP contribution in [-0.2, 0) is 0 Å². The van der Waals surface area contributed by atoms with Crippen molar-refractivity contribution < 1.29 is 0 Å². The molecule has 1 fully saturated rings. The van der Waals surface area contributed by atoms with Crippen LogP contribution in [0.5, 0.6) is 0 Å². The van der Waals surface area contributed by atoms with Gasteiger partial charge in [0.25, 0.3) is 0 Å². The molecule has 1 aromatic rings. The Labute approximate surface area is 78.3 Å². The van der Waals surface area contributed by atoms with E-state index in [-0.39, 0.29) is 0 Å². The van der Waals surface area contributed by atoms with Crippen molar-refractivity contribution in [3.8, 4) is 0 Å². The van der Waals surface area contributed by atoms with Crippen LogP contribution < -0.4 is 5.73 Å². The van der Waals surface area contributed by atoms with E-state index in [0.717, 1.165) is 18.8 Å². The minimum absolute atomic E-state index is 0.527. The maximum Gasteiger partial charge on any atom is 0.0773 e. The number of likely N-dealkylation sites (tertiary alicyclic amines) is 1. The zero-order valence-electron chi connectivity index (χ0n) is 8.14. The second-order valence-electron chi connectivity index (χ2n) is 3.96. The number of hydrogen-bond donors (Lipinski definition) is 1. The fourth-order valence-corrected chi connectivity index (χ4v) is 1.63. The molecule has 1 aliphatic heterocycles. The van der Waals surface area contributed by atoms with Crippen LogP contribution in [0.25, 0.3) is 0 Å². The van der Waals surface area contributed by atoms with E-state index in [1.54, 1.807) is 6.20 Å². The van der Waals surface area contributed by atoms with Crippen LogP contribution >= 0.6 is 0 Å². The standard InChI is InChI=1S/C9H16N4/c1-7(2)12-5-9(6-12)13-4-8(10)3-11-13/h3-4,7,9H,5-6,10H2,1-2H3. The highest BCUT2D eigenvalue weighted by Crippen LogP contribution is 2.22. The molecule has 0 aliphatic carbocycles. The Kier molecular flexibility index (Phi) is 2.00. The van der Waals surface area contributed by atoms with E-state index in [1.807, 2.05) is 10.9 Å². The molecule has 0 spiro atoms. The molecule has 2 heterocycles. The first-order valence-electron chi connectivity index (χ1n) is 4.70. The van der Waals surface area contributed by atoms with Gasteiger partial charge < -0.3 is 5.73 Å². The van der Waals surface area contributed by atoms with E-state index in [4.69, 9.17) is 5.73 Å². The summed E-state index contributed by atoms with van der Waals surface area (Å²) in [6.07, 6.45) is 3.61. The second kappa shape index (κ2) is 3.03. The number of hydrogen-bond acceptors (Lipinski definition) is 3. The van der Waals surface area contributed by atoms with Crippen LogP contribution in [0.2, 0.25) is 0 Å². The monoisotopic (exact) mass is 180 g/mol. The predicted molar refractivity (Wildman–Crippen MR) is 52.4 cm³/mol. The molecule has 1 aromatic heterocycles. The van der Waals surface area contributed by atoms with E-state index in [0.29, 0.717) is 12.1 Å². The van der Waals surface area contributed by atoms with E-state index in [2.05, 4.69) is 23.8 Å². The first kappa shape index (κ1) is 8.56. The van der Waals surface area contributed by atoms with Crippen molar-refractivity contribution in [2.45, 2.75) is 25.9 Å². The first-order valence-corrected chi connectivity index (χ1v) is 4.70. The van der Waals surface area contributed by atoms with Crippen LogP contribution in [0.1, 0.15) is 19.9 Å². The largest absolute Gasteiger partial charge is 0.396 e. The van der Waals surface area contributed by atoms with Crippen molar-refractivity contribution in [2.75, 3.05) is 18.8 Å². The molecule has 0 atom stereocenters. The summed E-state index contributed by atoms with van der Waals surface area (Å²) < 4.78 is 1.97. The average Bonchev–Trinajstić information content (AvgIpc) is 2.31. The van der Waals surface area contributed by atoms with Gasteiger partial charge in [-0.15, -0.1) is 0 Å². The summed E-state index contributed by atoms with van der Waals surface area (Å²) in [6, 6.07) is 1.17. The Hall–Kier alpha value is -1.03. The number of nitrogens with zero attached hydrogens (tertiary/aromatic N) is 3. The lowest BCUT2D eigenvalue weighted by Crippen LogP contribution is -2.50. The molecule has 0 aromatic carbocycles. The van der Waals surface area contributed by atoms with Crippen molar-refractivity contribution >= 4 is 5.69 Å². The first-order chi connectivity index (χ1) is 6.16. The summed E-state index contributed by atoms with van der Waals surface area (Å²) in [4.78, 5) is 2.42. The zero-order valence-corrected chi connectivity index (χ0v) is 8.14. The molecule has 0 amide bonds. The molecule has 0 bridgehead atoms. The highest BCUT2D eigenvalue weighted by molar-refractivity contribution is 5.30. The lowest BCUT2D eigenvalue weighted by atomic mass is 10.1. The minimum Gasteiger partial charge on any atom is -0.396 e. The summed E-state index contributed by atoms with van der Waals surface area (Å²) in [5.41, 5.74) is 6.35. The molecule has 2 rings (SSSR count). The maximum atomic E-state index is 5.59. The van der Waals surface area contributed by atoms with E-state index >= 15 is 0 Å². The van der Waals surface area contributed by atoms with Crippen LogP contribution in [0, 0.1) is 0 Å². The molecule has 0 saturated carbocycles. The van der Waals surface area contributed by atoms with Gasteiger partial charge in [0.05, 0.1) is 17.9 Å². The van der Waals surface area contributed by atoms with Crippen LogP contribution in [0.4, 0.5) is 5.69 Å². The van der Waals surface area contributed by atoms with Crippen molar-refractivity contribution in [1.29, 1.82) is 0 Å². The third-order valence-corrected chi connectivity index (χ3v) is 2.62. The Morgan fingerprint density at radius 1 is 1.54 bits per heavy atom. The number of rotatable bonds is 2. The van der Waals surface area contributed by atoms with Gasteiger partial charge in [-0.1, -0.05) is 0 Å². The second-order valence-corrected chi connectivity index (χ2v) is 3.96. The summed E-state index contributed by atoms with van der Waals surface area (Å²) in [7, 11) is 0. The fraction of sp³-hybridized carbons (Fsp3) is 0.667. The van der Waals surface area contributed by atoms with Gasteiger partial charge in [-0.25, -0.2) is 0 Å². The Morgan fingerprint density at radius 3 is 2.69 bits per heavy atom. The highest BCUT2D eigenvalue weighted by Gasteiger charge is 2.29. The molecule has 4 heteroatoms.